The number of carbonyl (C=O) groups is 1. The maximum atomic E-state index is 11.1. The average molecular weight is 223 g/mol. The van der Waals surface area contributed by atoms with E-state index in [1.54, 1.807) is 5.38 Å². The zero-order valence-corrected chi connectivity index (χ0v) is 8.11. The number of aromatic nitrogens is 3. The van der Waals surface area contributed by atoms with Gasteiger partial charge in [-0.05, 0) is 11.5 Å². The third kappa shape index (κ3) is 1.91. The summed E-state index contributed by atoms with van der Waals surface area (Å²) in [4.78, 5) is 28.0. The molecule has 0 fully saturated rings. The van der Waals surface area contributed by atoms with Crippen molar-refractivity contribution in [1.29, 1.82) is 0 Å². The standard InChI is InChI=1S/C8H5N3O3S/c12-6-1-5(8(13)14)10-7(11-6)4-2-9-15-3-4/h1-3H,(H,13,14)(H,10,11,12). The molecule has 76 valence electrons. The first-order valence-electron chi connectivity index (χ1n) is 3.91. The summed E-state index contributed by atoms with van der Waals surface area (Å²) in [6.07, 6.45) is 1.51. The Morgan fingerprint density at radius 2 is 2.33 bits per heavy atom. The second-order valence-electron chi connectivity index (χ2n) is 2.70. The van der Waals surface area contributed by atoms with Gasteiger partial charge in [0.1, 0.15) is 5.82 Å². The second kappa shape index (κ2) is 3.62. The Hall–Kier alpha value is -2.02. The van der Waals surface area contributed by atoms with Crippen LogP contribution in [-0.2, 0) is 0 Å². The summed E-state index contributed by atoms with van der Waals surface area (Å²) >= 11 is 1.20. The number of rotatable bonds is 2. The molecule has 0 aliphatic heterocycles. The minimum absolute atomic E-state index is 0.216. The van der Waals surface area contributed by atoms with E-state index in [9.17, 15) is 9.59 Å². The van der Waals surface area contributed by atoms with Gasteiger partial charge in [-0.2, -0.15) is 0 Å². The molecule has 2 N–H and O–H groups in total. The van der Waals surface area contributed by atoms with Crippen LogP contribution >= 0.6 is 11.5 Å². The van der Waals surface area contributed by atoms with Gasteiger partial charge < -0.3 is 10.1 Å². The molecule has 6 nitrogen and oxygen atoms in total. The van der Waals surface area contributed by atoms with Crippen molar-refractivity contribution < 1.29 is 9.90 Å². The van der Waals surface area contributed by atoms with Gasteiger partial charge in [-0.15, -0.1) is 0 Å². The largest absolute Gasteiger partial charge is 0.477 e. The first-order valence-corrected chi connectivity index (χ1v) is 4.75. The fraction of sp³-hybridized carbons (Fsp3) is 0. The topological polar surface area (TPSA) is 95.9 Å². The molecule has 0 amide bonds. The number of carboxylic acids is 1. The molecular formula is C8H5N3O3S. The molecule has 15 heavy (non-hydrogen) atoms. The van der Waals surface area contributed by atoms with Crippen molar-refractivity contribution in [2.75, 3.05) is 0 Å². The molecule has 2 heterocycles. The van der Waals surface area contributed by atoms with Crippen LogP contribution in [0.4, 0.5) is 0 Å². The lowest BCUT2D eigenvalue weighted by Crippen LogP contribution is -2.13. The van der Waals surface area contributed by atoms with Gasteiger partial charge in [-0.3, -0.25) is 4.79 Å². The minimum atomic E-state index is -1.23. The zero-order chi connectivity index (χ0) is 10.8. The van der Waals surface area contributed by atoms with Crippen LogP contribution in [0, 0.1) is 0 Å². The van der Waals surface area contributed by atoms with E-state index >= 15 is 0 Å². The van der Waals surface area contributed by atoms with Gasteiger partial charge >= 0.3 is 5.97 Å². The number of nitrogens with zero attached hydrogens (tertiary/aromatic N) is 2. The maximum absolute atomic E-state index is 11.1. The van der Waals surface area contributed by atoms with Gasteiger partial charge in [-0.25, -0.2) is 14.2 Å². The Balaban J connectivity index is 2.59. The van der Waals surface area contributed by atoms with E-state index in [1.807, 2.05) is 0 Å². The summed E-state index contributed by atoms with van der Waals surface area (Å²) in [7, 11) is 0. The van der Waals surface area contributed by atoms with E-state index in [1.165, 1.54) is 17.7 Å². The van der Waals surface area contributed by atoms with Crippen molar-refractivity contribution >= 4 is 17.5 Å². The van der Waals surface area contributed by atoms with Crippen LogP contribution in [0.15, 0.2) is 22.4 Å². The number of hydrogen-bond acceptors (Lipinski definition) is 5. The highest BCUT2D eigenvalue weighted by Gasteiger charge is 2.09. The predicted molar refractivity (Wildman–Crippen MR) is 52.9 cm³/mol. The number of nitrogens with one attached hydrogen (secondary N) is 1. The molecule has 0 spiro atoms. The first-order chi connectivity index (χ1) is 7.16. The van der Waals surface area contributed by atoms with E-state index in [4.69, 9.17) is 5.11 Å². The number of H-pyrrole nitrogens is 1. The van der Waals surface area contributed by atoms with Crippen molar-refractivity contribution in [2.24, 2.45) is 0 Å². The highest BCUT2D eigenvalue weighted by atomic mass is 32.1. The molecule has 0 aliphatic rings. The first kappa shape index (κ1) is 9.53. The van der Waals surface area contributed by atoms with Gasteiger partial charge in [0.15, 0.2) is 5.69 Å². The Labute approximate surface area is 87.4 Å². The summed E-state index contributed by atoms with van der Waals surface area (Å²) in [5.74, 6) is -1.01. The quantitative estimate of drug-likeness (QED) is 0.776. The molecule has 0 aromatic carbocycles. The highest BCUT2D eigenvalue weighted by molar-refractivity contribution is 7.03. The van der Waals surface area contributed by atoms with Crippen molar-refractivity contribution in [3.05, 3.63) is 33.7 Å². The number of hydrogen-bond donors (Lipinski definition) is 2. The third-order valence-electron chi connectivity index (χ3n) is 1.67. The molecule has 0 unspecified atom stereocenters. The Morgan fingerprint density at radius 3 is 2.93 bits per heavy atom. The van der Waals surface area contributed by atoms with Crippen LogP contribution in [0.25, 0.3) is 11.4 Å². The van der Waals surface area contributed by atoms with Crippen LogP contribution in [0.1, 0.15) is 10.5 Å². The summed E-state index contributed by atoms with van der Waals surface area (Å²) in [6.45, 7) is 0. The Morgan fingerprint density at radius 1 is 1.53 bits per heavy atom. The molecule has 2 aromatic heterocycles. The molecule has 0 radical (unpaired) electrons. The van der Waals surface area contributed by atoms with Crippen LogP contribution in [0.5, 0.6) is 0 Å². The minimum Gasteiger partial charge on any atom is -0.477 e. The monoisotopic (exact) mass is 223 g/mol. The van der Waals surface area contributed by atoms with E-state index in [0.717, 1.165) is 6.07 Å². The lowest BCUT2D eigenvalue weighted by molar-refractivity contribution is 0.0690. The van der Waals surface area contributed by atoms with Crippen molar-refractivity contribution in [1.82, 2.24) is 14.3 Å². The van der Waals surface area contributed by atoms with Crippen LogP contribution in [0.2, 0.25) is 0 Å². The highest BCUT2D eigenvalue weighted by Crippen LogP contribution is 2.14. The molecule has 2 aromatic rings. The average Bonchev–Trinajstić information content (AvgIpc) is 2.69. The molecule has 0 saturated heterocycles. The lowest BCUT2D eigenvalue weighted by Gasteiger charge is -1.97. The number of carboxylic acid groups (broad SMARTS) is 1. The maximum Gasteiger partial charge on any atom is 0.354 e. The van der Waals surface area contributed by atoms with Gasteiger partial charge in [-0.1, -0.05) is 0 Å². The summed E-state index contributed by atoms with van der Waals surface area (Å²) < 4.78 is 3.83. The molecule has 0 bridgehead atoms. The third-order valence-corrected chi connectivity index (χ3v) is 2.25. The van der Waals surface area contributed by atoms with Crippen molar-refractivity contribution in [2.45, 2.75) is 0 Å². The fourth-order valence-electron chi connectivity index (χ4n) is 1.03. The van der Waals surface area contributed by atoms with Crippen LogP contribution in [-0.4, -0.2) is 25.4 Å². The van der Waals surface area contributed by atoms with E-state index in [0.29, 0.717) is 5.56 Å². The SMILES string of the molecule is O=C(O)c1cc(=O)[nH]c(-c2cnsc2)n1. The molecule has 2 rings (SSSR count). The fourth-order valence-corrected chi connectivity index (χ4v) is 1.55. The molecule has 0 aliphatic carbocycles. The van der Waals surface area contributed by atoms with Gasteiger partial charge in [0, 0.05) is 17.0 Å². The van der Waals surface area contributed by atoms with Crippen molar-refractivity contribution in [3.63, 3.8) is 0 Å². The molecule has 7 heteroatoms. The van der Waals surface area contributed by atoms with Gasteiger partial charge in [0.2, 0.25) is 0 Å². The summed E-state index contributed by atoms with van der Waals surface area (Å²) in [5.41, 5.74) is -0.177. The van der Waals surface area contributed by atoms with E-state index in [-0.39, 0.29) is 11.5 Å². The predicted octanol–water partition coefficient (Wildman–Crippen LogP) is 0.592. The lowest BCUT2D eigenvalue weighted by atomic mass is 10.3. The molecular weight excluding hydrogens is 218 g/mol. The second-order valence-corrected chi connectivity index (χ2v) is 3.35. The smallest absolute Gasteiger partial charge is 0.354 e. The number of aromatic carboxylic acids is 1. The van der Waals surface area contributed by atoms with Crippen LogP contribution < -0.4 is 5.56 Å². The Bertz CT molecular complexity index is 547. The van der Waals surface area contributed by atoms with Crippen molar-refractivity contribution in [3.8, 4) is 11.4 Å². The van der Waals surface area contributed by atoms with Crippen LogP contribution in [0.3, 0.4) is 0 Å². The van der Waals surface area contributed by atoms with Gasteiger partial charge in [0.05, 0.1) is 6.20 Å². The van der Waals surface area contributed by atoms with Gasteiger partial charge in [0.25, 0.3) is 5.56 Å². The molecule has 0 atom stereocenters. The Kier molecular flexibility index (Phi) is 2.30. The number of aromatic amines is 1. The molecule has 0 saturated carbocycles. The van der Waals surface area contributed by atoms with E-state index < -0.39 is 11.5 Å². The zero-order valence-electron chi connectivity index (χ0n) is 7.30. The van der Waals surface area contributed by atoms with E-state index in [2.05, 4.69) is 14.3 Å². The summed E-state index contributed by atoms with van der Waals surface area (Å²) in [6, 6.07) is 0.936. The normalized spacial score (nSPS) is 10.1. The summed E-state index contributed by atoms with van der Waals surface area (Å²) in [5, 5.41) is 10.4.